The first-order valence-electron chi connectivity index (χ1n) is 11.8. The summed E-state index contributed by atoms with van der Waals surface area (Å²) < 4.78 is 11.7. The van der Waals surface area contributed by atoms with Gasteiger partial charge in [-0.1, -0.05) is 38.8 Å². The number of ether oxygens (including phenoxy) is 2. The van der Waals surface area contributed by atoms with Gasteiger partial charge in [-0.2, -0.15) is 0 Å². The minimum absolute atomic E-state index is 0.0188. The third-order valence-corrected chi connectivity index (χ3v) is 5.31. The average Bonchev–Trinajstić information content (AvgIpc) is 2.65. The Balaban J connectivity index is 0. The molecule has 0 radical (unpaired) electrons. The summed E-state index contributed by atoms with van der Waals surface area (Å²) in [4.78, 5) is 16.8. The molecule has 0 heterocycles. The predicted octanol–water partition coefficient (Wildman–Crippen LogP) is 6.70. The van der Waals surface area contributed by atoms with E-state index in [9.17, 15) is 4.79 Å². The molecule has 0 fully saturated rings. The molecule has 0 rings (SSSR count). The Morgan fingerprint density at radius 1 is 0.938 bits per heavy atom. The third kappa shape index (κ3) is 22.9. The van der Waals surface area contributed by atoms with E-state index in [-0.39, 0.29) is 16.0 Å². The number of nitrogens with zero attached hydrogens (tertiary/aromatic N) is 1. The first kappa shape index (κ1) is 33.9. The maximum atomic E-state index is 11.1. The van der Waals surface area contributed by atoms with Crippen molar-refractivity contribution in [1.82, 2.24) is 0 Å². The van der Waals surface area contributed by atoms with Gasteiger partial charge in [0.05, 0.1) is 36.7 Å². The summed E-state index contributed by atoms with van der Waals surface area (Å²) in [7, 11) is 0. The van der Waals surface area contributed by atoms with Crippen molar-refractivity contribution < 1.29 is 24.2 Å². The smallest absolute Gasteiger partial charge is 0.192 e. The molecule has 0 saturated carbocycles. The molecule has 0 spiro atoms. The number of aliphatic hydroxyl groups is 1. The van der Waals surface area contributed by atoms with Crippen LogP contribution < -0.4 is 0 Å². The second-order valence-electron chi connectivity index (χ2n) is 10.6. The van der Waals surface area contributed by atoms with Crippen LogP contribution in [0.3, 0.4) is 0 Å². The third-order valence-electron chi connectivity index (χ3n) is 4.77. The average molecular weight is 572 g/mol. The van der Waals surface area contributed by atoms with Gasteiger partial charge in [0.2, 0.25) is 0 Å². The summed E-state index contributed by atoms with van der Waals surface area (Å²) in [6.45, 7) is 21.3. The van der Waals surface area contributed by atoms with Crippen molar-refractivity contribution in [2.75, 3.05) is 19.8 Å². The number of oxime groups is 1. The largest absolute Gasteiger partial charge is 0.393 e. The predicted molar refractivity (Wildman–Crippen MR) is 143 cm³/mol. The van der Waals surface area contributed by atoms with Crippen LogP contribution in [0.5, 0.6) is 0 Å². The number of hydrogen-bond acceptors (Lipinski definition) is 6. The Kier molecular flexibility index (Phi) is 18.3. The second kappa shape index (κ2) is 17.2. The monoisotopic (exact) mass is 571 g/mol. The van der Waals surface area contributed by atoms with Gasteiger partial charge in [0.1, 0.15) is 5.60 Å². The standard InChI is InChI=1S/C19H36INO5.C6H14/c1-15(9-12-24-19(6,7)14-22)21-26-18(4,5)11-13-25-17(2,3)10-8-16(20)23;1-4-5-6(2)3/h22H,8-14H2,1-7H3;6H,4-5H2,1-3H3/b21-15+;. The molecule has 0 aromatic carbocycles. The summed E-state index contributed by atoms with van der Waals surface area (Å²) in [5, 5.41) is 13.3. The Labute approximate surface area is 211 Å². The molecule has 0 aromatic rings. The van der Waals surface area contributed by atoms with Crippen LogP contribution in [0.1, 0.15) is 108 Å². The minimum Gasteiger partial charge on any atom is -0.393 e. The molecule has 7 heteroatoms. The van der Waals surface area contributed by atoms with Crippen LogP contribution in [0.4, 0.5) is 0 Å². The van der Waals surface area contributed by atoms with Gasteiger partial charge < -0.3 is 19.4 Å². The fourth-order valence-electron chi connectivity index (χ4n) is 2.44. The van der Waals surface area contributed by atoms with Crippen molar-refractivity contribution in [3.8, 4) is 0 Å². The molecular weight excluding hydrogens is 521 g/mol. The van der Waals surface area contributed by atoms with E-state index in [1.54, 1.807) is 0 Å². The Morgan fingerprint density at radius 2 is 1.50 bits per heavy atom. The summed E-state index contributed by atoms with van der Waals surface area (Å²) >= 11 is 1.82. The number of aliphatic hydroxyl groups excluding tert-OH is 1. The van der Waals surface area contributed by atoms with Gasteiger partial charge in [0.25, 0.3) is 0 Å². The Hall–Kier alpha value is -0.250. The van der Waals surface area contributed by atoms with E-state index in [1.165, 1.54) is 12.8 Å². The molecule has 32 heavy (non-hydrogen) atoms. The number of halogens is 1. The molecule has 0 amide bonds. The van der Waals surface area contributed by atoms with Crippen LogP contribution in [0.15, 0.2) is 5.16 Å². The second-order valence-corrected chi connectivity index (χ2v) is 11.8. The van der Waals surface area contributed by atoms with Crippen LogP contribution in [0.2, 0.25) is 0 Å². The lowest BCUT2D eigenvalue weighted by molar-refractivity contribution is -0.112. The fraction of sp³-hybridized carbons (Fsp3) is 0.920. The molecule has 0 aliphatic carbocycles. The molecule has 0 aliphatic heterocycles. The van der Waals surface area contributed by atoms with E-state index < -0.39 is 11.2 Å². The molecule has 0 atom stereocenters. The van der Waals surface area contributed by atoms with E-state index in [0.717, 1.165) is 11.6 Å². The van der Waals surface area contributed by atoms with Crippen molar-refractivity contribution in [3.05, 3.63) is 0 Å². The van der Waals surface area contributed by atoms with Crippen LogP contribution in [-0.4, -0.2) is 51.2 Å². The lowest BCUT2D eigenvalue weighted by Crippen LogP contribution is -2.30. The molecule has 0 unspecified atom stereocenters. The normalized spacial score (nSPS) is 13.1. The zero-order valence-corrected chi connectivity index (χ0v) is 24.5. The van der Waals surface area contributed by atoms with Crippen LogP contribution >= 0.6 is 22.6 Å². The lowest BCUT2D eigenvalue weighted by Gasteiger charge is -2.28. The van der Waals surface area contributed by atoms with Crippen molar-refractivity contribution >= 4 is 32.1 Å². The van der Waals surface area contributed by atoms with E-state index in [4.69, 9.17) is 19.4 Å². The first-order valence-corrected chi connectivity index (χ1v) is 12.9. The van der Waals surface area contributed by atoms with Crippen LogP contribution in [0.25, 0.3) is 0 Å². The Bertz CT molecular complexity index is 530. The summed E-state index contributed by atoms with van der Waals surface area (Å²) in [6.07, 6.45) is 5.27. The van der Waals surface area contributed by atoms with E-state index >= 15 is 0 Å². The van der Waals surface area contributed by atoms with Gasteiger partial charge in [-0.3, -0.25) is 4.79 Å². The zero-order chi connectivity index (χ0) is 25.4. The van der Waals surface area contributed by atoms with Crippen molar-refractivity contribution in [3.63, 3.8) is 0 Å². The van der Waals surface area contributed by atoms with Gasteiger partial charge in [-0.05, 0) is 83.4 Å². The van der Waals surface area contributed by atoms with E-state index in [2.05, 4.69) is 25.9 Å². The first-order chi connectivity index (χ1) is 14.6. The van der Waals surface area contributed by atoms with Gasteiger partial charge in [0.15, 0.2) is 3.79 Å². The van der Waals surface area contributed by atoms with Gasteiger partial charge in [-0.25, -0.2) is 0 Å². The molecule has 0 bridgehead atoms. The highest BCUT2D eigenvalue weighted by Crippen LogP contribution is 2.21. The SMILES string of the molecule is C/C(CCOC(C)(C)CO)=N\OC(C)(C)CCOC(C)(C)CCC(=O)I.CCCC(C)C. The van der Waals surface area contributed by atoms with E-state index in [0.29, 0.717) is 38.9 Å². The number of carbonyl (C=O) groups excluding carboxylic acids is 1. The van der Waals surface area contributed by atoms with E-state index in [1.807, 2.05) is 71.1 Å². The molecule has 6 nitrogen and oxygen atoms in total. The van der Waals surface area contributed by atoms with Gasteiger partial charge in [-0.15, -0.1) is 0 Å². The molecule has 1 N–H and O–H groups in total. The zero-order valence-electron chi connectivity index (χ0n) is 22.3. The van der Waals surface area contributed by atoms with Crippen LogP contribution in [-0.2, 0) is 19.1 Å². The highest BCUT2D eigenvalue weighted by Gasteiger charge is 2.24. The summed E-state index contributed by atoms with van der Waals surface area (Å²) in [5.41, 5.74) is -0.463. The minimum atomic E-state index is -0.535. The Morgan fingerprint density at radius 3 is 1.94 bits per heavy atom. The molecule has 0 aromatic heterocycles. The maximum Gasteiger partial charge on any atom is 0.192 e. The summed E-state index contributed by atoms with van der Waals surface area (Å²) in [6, 6.07) is 0. The molecule has 0 aliphatic rings. The van der Waals surface area contributed by atoms with Crippen molar-refractivity contribution in [1.29, 1.82) is 0 Å². The lowest BCUT2D eigenvalue weighted by atomic mass is 10.0. The maximum absolute atomic E-state index is 11.1. The molecule has 0 saturated heterocycles. The quantitative estimate of drug-likeness (QED) is 0.0965. The number of hydrogen-bond donors (Lipinski definition) is 1. The van der Waals surface area contributed by atoms with Crippen molar-refractivity contribution in [2.45, 2.75) is 125 Å². The van der Waals surface area contributed by atoms with Gasteiger partial charge >= 0.3 is 0 Å². The van der Waals surface area contributed by atoms with Crippen LogP contribution in [0, 0.1) is 5.92 Å². The fourth-order valence-corrected chi connectivity index (χ4v) is 2.71. The number of carbonyl (C=O) groups is 1. The highest BCUT2D eigenvalue weighted by molar-refractivity contribution is 14.1. The highest BCUT2D eigenvalue weighted by atomic mass is 127. The topological polar surface area (TPSA) is 77.3 Å². The number of rotatable bonds is 16. The summed E-state index contributed by atoms with van der Waals surface area (Å²) in [5.74, 6) is 0.898. The molecule has 192 valence electrons. The van der Waals surface area contributed by atoms with Gasteiger partial charge in [0, 0.05) is 19.3 Å². The van der Waals surface area contributed by atoms with Crippen molar-refractivity contribution in [2.24, 2.45) is 11.1 Å². The molecular formula is C25H50INO5.